The summed E-state index contributed by atoms with van der Waals surface area (Å²) in [7, 11) is 1.54. The number of benzene rings is 1. The van der Waals surface area contributed by atoms with E-state index in [1.165, 1.54) is 0 Å². The molecule has 1 aromatic carbocycles. The van der Waals surface area contributed by atoms with Gasteiger partial charge in [0.05, 0.1) is 7.11 Å². The summed E-state index contributed by atoms with van der Waals surface area (Å²) in [6.45, 7) is 5.02. The fraction of sp³-hybridized carbons (Fsp3) is 0.600. The Morgan fingerprint density at radius 2 is 1.54 bits per heavy atom. The number of hydrogen-bond donors (Lipinski definition) is 2. The van der Waals surface area contributed by atoms with Crippen molar-refractivity contribution in [3.63, 3.8) is 0 Å². The van der Waals surface area contributed by atoms with E-state index in [4.69, 9.17) is 18.9 Å². The van der Waals surface area contributed by atoms with E-state index in [0.29, 0.717) is 24.6 Å². The van der Waals surface area contributed by atoms with E-state index >= 15 is 0 Å². The van der Waals surface area contributed by atoms with Gasteiger partial charge in [0, 0.05) is 13.1 Å². The third-order valence-corrected chi connectivity index (χ3v) is 3.77. The number of para-hydroxylation sites is 2. The summed E-state index contributed by atoms with van der Waals surface area (Å²) in [5.41, 5.74) is 0. The zero-order valence-corrected chi connectivity index (χ0v) is 17.0. The average molecular weight is 396 g/mol. The molecule has 1 aromatic rings. The molecule has 0 aromatic heterocycles. The number of rotatable bonds is 13. The summed E-state index contributed by atoms with van der Waals surface area (Å²) in [6, 6.07) is 7.14. The number of amides is 2. The Morgan fingerprint density at radius 3 is 2.14 bits per heavy atom. The molecule has 0 fully saturated rings. The molecule has 0 unspecified atom stereocenters. The van der Waals surface area contributed by atoms with Crippen molar-refractivity contribution < 1.29 is 28.5 Å². The van der Waals surface area contributed by atoms with Crippen molar-refractivity contribution in [2.24, 2.45) is 0 Å². The molecule has 0 bridgehead atoms. The van der Waals surface area contributed by atoms with E-state index in [2.05, 4.69) is 10.6 Å². The quantitative estimate of drug-likeness (QED) is 0.496. The number of methoxy groups -OCH3 is 1. The SMILES string of the molecule is CCCCNC(=O)OC[C@@H](COc1ccccc1OC)OC(=O)NCCCC. The van der Waals surface area contributed by atoms with Gasteiger partial charge in [0.2, 0.25) is 0 Å². The fourth-order valence-electron chi connectivity index (χ4n) is 2.18. The zero-order chi connectivity index (χ0) is 20.6. The number of ether oxygens (including phenoxy) is 4. The van der Waals surface area contributed by atoms with Crippen molar-refractivity contribution in [3.05, 3.63) is 24.3 Å². The number of hydrogen-bond acceptors (Lipinski definition) is 6. The third-order valence-electron chi connectivity index (χ3n) is 3.77. The molecule has 1 atom stereocenters. The second-order valence-corrected chi connectivity index (χ2v) is 6.15. The van der Waals surface area contributed by atoms with Crippen LogP contribution in [0.3, 0.4) is 0 Å². The lowest BCUT2D eigenvalue weighted by Crippen LogP contribution is -2.37. The van der Waals surface area contributed by atoms with E-state index in [-0.39, 0.29) is 13.2 Å². The van der Waals surface area contributed by atoms with Crippen LogP contribution in [0.5, 0.6) is 11.5 Å². The van der Waals surface area contributed by atoms with Gasteiger partial charge in [-0.05, 0) is 25.0 Å². The van der Waals surface area contributed by atoms with Crippen molar-refractivity contribution in [2.45, 2.75) is 45.6 Å². The molecule has 2 amide bonds. The van der Waals surface area contributed by atoms with Crippen LogP contribution in [0, 0.1) is 0 Å². The Kier molecular flexibility index (Phi) is 12.1. The molecule has 0 saturated heterocycles. The van der Waals surface area contributed by atoms with Gasteiger partial charge in [0.1, 0.15) is 13.2 Å². The molecule has 0 aliphatic heterocycles. The molecule has 0 saturated carbocycles. The first-order valence-electron chi connectivity index (χ1n) is 9.71. The van der Waals surface area contributed by atoms with Crippen molar-refractivity contribution in [2.75, 3.05) is 33.4 Å². The van der Waals surface area contributed by atoms with Crippen molar-refractivity contribution in [1.82, 2.24) is 10.6 Å². The summed E-state index contributed by atoms with van der Waals surface area (Å²) in [5.74, 6) is 1.07. The first-order valence-corrected chi connectivity index (χ1v) is 9.71. The molecule has 8 heteroatoms. The number of unbranched alkanes of at least 4 members (excludes halogenated alkanes) is 2. The highest BCUT2D eigenvalue weighted by Gasteiger charge is 2.19. The van der Waals surface area contributed by atoms with Crippen molar-refractivity contribution >= 4 is 12.2 Å². The van der Waals surface area contributed by atoms with Crippen LogP contribution in [0.2, 0.25) is 0 Å². The molecule has 2 N–H and O–H groups in total. The Labute approximate surface area is 166 Å². The smallest absolute Gasteiger partial charge is 0.407 e. The van der Waals surface area contributed by atoms with Gasteiger partial charge < -0.3 is 29.6 Å². The minimum Gasteiger partial charge on any atom is -0.493 e. The topological polar surface area (TPSA) is 95.1 Å². The molecule has 158 valence electrons. The van der Waals surface area contributed by atoms with Crippen LogP contribution in [-0.4, -0.2) is 51.7 Å². The zero-order valence-electron chi connectivity index (χ0n) is 17.0. The summed E-state index contributed by atoms with van der Waals surface area (Å²) in [4.78, 5) is 23.7. The first-order chi connectivity index (χ1) is 13.6. The van der Waals surface area contributed by atoms with Crippen LogP contribution in [0.15, 0.2) is 24.3 Å². The van der Waals surface area contributed by atoms with Crippen molar-refractivity contribution in [1.29, 1.82) is 0 Å². The van der Waals surface area contributed by atoms with Crippen LogP contribution in [0.1, 0.15) is 39.5 Å². The first kappa shape index (κ1) is 23.4. The van der Waals surface area contributed by atoms with E-state index in [9.17, 15) is 9.59 Å². The van der Waals surface area contributed by atoms with Crippen LogP contribution < -0.4 is 20.1 Å². The molecule has 0 aliphatic rings. The maximum absolute atomic E-state index is 11.9. The Hall–Kier alpha value is -2.64. The van der Waals surface area contributed by atoms with Gasteiger partial charge in [-0.3, -0.25) is 0 Å². The lowest BCUT2D eigenvalue weighted by molar-refractivity contribution is 0.0194. The number of carbonyl (C=O) groups is 2. The Balaban J connectivity index is 2.58. The maximum atomic E-state index is 11.9. The largest absolute Gasteiger partial charge is 0.493 e. The molecular weight excluding hydrogens is 364 g/mol. The van der Waals surface area contributed by atoms with Crippen molar-refractivity contribution in [3.8, 4) is 11.5 Å². The Morgan fingerprint density at radius 1 is 0.929 bits per heavy atom. The highest BCUT2D eigenvalue weighted by molar-refractivity contribution is 5.68. The van der Waals surface area contributed by atoms with Gasteiger partial charge in [0.15, 0.2) is 17.6 Å². The highest BCUT2D eigenvalue weighted by Crippen LogP contribution is 2.25. The van der Waals surface area contributed by atoms with Gasteiger partial charge in [-0.15, -0.1) is 0 Å². The van der Waals surface area contributed by atoms with Gasteiger partial charge in [-0.2, -0.15) is 0 Å². The molecule has 28 heavy (non-hydrogen) atoms. The second kappa shape index (κ2) is 14.4. The van der Waals surface area contributed by atoms with Gasteiger partial charge in [-0.1, -0.05) is 38.8 Å². The molecule has 0 heterocycles. The summed E-state index contributed by atoms with van der Waals surface area (Å²) < 4.78 is 21.4. The predicted octanol–water partition coefficient (Wildman–Crippen LogP) is 3.50. The summed E-state index contributed by atoms with van der Waals surface area (Å²) >= 11 is 0. The number of carbonyl (C=O) groups excluding carboxylic acids is 2. The van der Waals surface area contributed by atoms with E-state index in [1.54, 1.807) is 19.2 Å². The lowest BCUT2D eigenvalue weighted by Gasteiger charge is -2.19. The minimum absolute atomic E-state index is 0.0177. The standard InChI is InChI=1S/C20H32N2O6/c1-4-6-12-21-19(23)27-15-16(28-20(24)22-13-7-5-2)14-26-18-11-9-8-10-17(18)25-3/h8-11,16H,4-7,12-15H2,1-3H3,(H,21,23)(H,22,24)/t16-/m1/s1. The lowest BCUT2D eigenvalue weighted by atomic mass is 10.3. The summed E-state index contributed by atoms with van der Waals surface area (Å²) in [6.07, 6.45) is 1.77. The van der Waals surface area contributed by atoms with Gasteiger partial charge in [0.25, 0.3) is 0 Å². The van der Waals surface area contributed by atoms with Gasteiger partial charge in [-0.25, -0.2) is 9.59 Å². The van der Waals surface area contributed by atoms with Crippen LogP contribution in [0.25, 0.3) is 0 Å². The highest BCUT2D eigenvalue weighted by atomic mass is 16.6. The number of alkyl carbamates (subject to hydrolysis) is 2. The molecule has 1 rings (SSSR count). The third kappa shape index (κ3) is 9.89. The minimum atomic E-state index is -0.761. The monoisotopic (exact) mass is 396 g/mol. The molecule has 0 spiro atoms. The van der Waals surface area contributed by atoms with E-state index in [1.807, 2.05) is 26.0 Å². The summed E-state index contributed by atoms with van der Waals surface area (Å²) in [5, 5.41) is 5.31. The van der Waals surface area contributed by atoms with E-state index < -0.39 is 18.3 Å². The second-order valence-electron chi connectivity index (χ2n) is 6.15. The molecule has 0 aliphatic carbocycles. The molecular formula is C20H32N2O6. The molecule has 0 radical (unpaired) electrons. The normalized spacial score (nSPS) is 11.2. The van der Waals surface area contributed by atoms with Gasteiger partial charge >= 0.3 is 12.2 Å². The maximum Gasteiger partial charge on any atom is 0.407 e. The van der Waals surface area contributed by atoms with Crippen LogP contribution in [-0.2, 0) is 9.47 Å². The van der Waals surface area contributed by atoms with Crippen LogP contribution >= 0.6 is 0 Å². The molecule has 8 nitrogen and oxygen atoms in total. The Bertz CT molecular complexity index is 582. The van der Waals surface area contributed by atoms with E-state index in [0.717, 1.165) is 25.7 Å². The van der Waals surface area contributed by atoms with Crippen LogP contribution in [0.4, 0.5) is 9.59 Å². The fourth-order valence-corrected chi connectivity index (χ4v) is 2.18. The number of nitrogens with one attached hydrogen (secondary N) is 2. The predicted molar refractivity (Wildman–Crippen MR) is 106 cm³/mol. The average Bonchev–Trinajstić information content (AvgIpc) is 2.70.